The average molecular weight is 467 g/mol. The van der Waals surface area contributed by atoms with Gasteiger partial charge in [0, 0.05) is 25.2 Å². The van der Waals surface area contributed by atoms with Crippen LogP contribution in [-0.2, 0) is 10.3 Å². The third kappa shape index (κ3) is 6.42. The van der Waals surface area contributed by atoms with Gasteiger partial charge in [0.25, 0.3) is 6.41 Å². The molecule has 0 bridgehead atoms. The Morgan fingerprint density at radius 1 is 1.22 bits per heavy atom. The Hall–Kier alpha value is -2.19. The first-order chi connectivity index (χ1) is 15.2. The molecule has 1 amide bonds. The number of halogens is 2. The van der Waals surface area contributed by atoms with E-state index in [9.17, 15) is 19.4 Å². The molecule has 0 aliphatic carbocycles. The average Bonchev–Trinajstić information content (AvgIpc) is 2.78. The number of likely N-dealkylation sites (N-methyl/N-ethyl adjacent to an activating group) is 2. The van der Waals surface area contributed by atoms with Crippen molar-refractivity contribution in [2.24, 2.45) is 0 Å². The molecule has 2 rings (SSSR count). The fraction of sp³-hybridized carbons (Fsp3) is 0.458. The highest BCUT2D eigenvalue weighted by atomic mass is 35.5. The van der Waals surface area contributed by atoms with Crippen LogP contribution in [0.15, 0.2) is 48.5 Å². The number of ether oxygens (including phenoxy) is 1. The summed E-state index contributed by atoms with van der Waals surface area (Å²) in [5.41, 5.74) is 0.695. The van der Waals surface area contributed by atoms with E-state index >= 15 is 0 Å². The highest BCUT2D eigenvalue weighted by Crippen LogP contribution is 2.37. The number of hydrogen-bond donors (Lipinski definition) is 2. The van der Waals surface area contributed by atoms with Crippen LogP contribution in [0, 0.1) is 6.92 Å². The summed E-state index contributed by atoms with van der Waals surface area (Å²) in [6.45, 7) is 1.21. The first-order valence-electron chi connectivity index (χ1n) is 10.6. The molecule has 0 fully saturated rings. The molecule has 6 nitrogen and oxygen atoms in total. The van der Waals surface area contributed by atoms with E-state index in [-0.39, 0.29) is 25.5 Å². The van der Waals surface area contributed by atoms with Crippen LogP contribution < -0.4 is 4.74 Å². The molecule has 176 valence electrons. The van der Waals surface area contributed by atoms with Gasteiger partial charge in [-0.1, -0.05) is 41.9 Å². The number of aryl methyl sites for hydroxylation is 1. The van der Waals surface area contributed by atoms with Crippen molar-refractivity contribution < 1.29 is 24.1 Å². The van der Waals surface area contributed by atoms with E-state index in [4.69, 9.17) is 16.3 Å². The molecular formula is C24H32ClFN2O4. The molecular weight excluding hydrogens is 435 g/mol. The standard InChI is InChI=1S/C24H32ClFN2O4/c1-18-16-19(10-11-21(18)25)24(13-7-15-29,17-27(2)22(30)12-14-26)28(3)23(31)32-20-8-5-4-6-9-20/h4-6,8-11,16,23,29,31H,7,12-15,17H2,1-3H3/t23?,24-/m1/s1. The van der Waals surface area contributed by atoms with E-state index in [1.807, 2.05) is 25.1 Å². The Kier molecular flexibility index (Phi) is 9.90. The number of aliphatic hydroxyl groups is 2. The largest absolute Gasteiger partial charge is 0.451 e. The normalized spacial score (nSPS) is 14.1. The van der Waals surface area contributed by atoms with Gasteiger partial charge in [-0.25, -0.2) is 4.90 Å². The molecule has 0 aliphatic rings. The summed E-state index contributed by atoms with van der Waals surface area (Å²) < 4.78 is 18.6. The zero-order valence-electron chi connectivity index (χ0n) is 18.8. The van der Waals surface area contributed by atoms with E-state index in [0.717, 1.165) is 11.1 Å². The SMILES string of the molecule is Cc1cc([C@@](CCCO)(CN(C)C(=O)CCF)N(C)C(O)Oc2ccccc2)ccc1Cl. The predicted octanol–water partition coefficient (Wildman–Crippen LogP) is 3.72. The third-order valence-electron chi connectivity index (χ3n) is 5.67. The Labute approximate surface area is 194 Å². The van der Waals surface area contributed by atoms with E-state index < -0.39 is 18.6 Å². The van der Waals surface area contributed by atoms with Crippen molar-refractivity contribution in [2.75, 3.05) is 33.9 Å². The number of rotatable bonds is 12. The summed E-state index contributed by atoms with van der Waals surface area (Å²) in [6, 6.07) is 14.4. The van der Waals surface area contributed by atoms with Gasteiger partial charge < -0.3 is 19.8 Å². The summed E-state index contributed by atoms with van der Waals surface area (Å²) in [4.78, 5) is 15.5. The van der Waals surface area contributed by atoms with Gasteiger partial charge in [0.2, 0.25) is 5.91 Å². The molecule has 0 spiro atoms. The Balaban J connectivity index is 2.51. The fourth-order valence-electron chi connectivity index (χ4n) is 3.78. The summed E-state index contributed by atoms with van der Waals surface area (Å²) in [7, 11) is 3.30. The number of nitrogens with zero attached hydrogens (tertiary/aromatic N) is 2. The van der Waals surface area contributed by atoms with E-state index in [1.54, 1.807) is 49.3 Å². The lowest BCUT2D eigenvalue weighted by Crippen LogP contribution is -2.57. The highest BCUT2D eigenvalue weighted by Gasteiger charge is 2.42. The number of alkyl halides is 1. The minimum Gasteiger partial charge on any atom is -0.451 e. The van der Waals surface area contributed by atoms with Crippen LogP contribution in [0.2, 0.25) is 5.02 Å². The lowest BCUT2D eigenvalue weighted by atomic mass is 9.82. The second-order valence-corrected chi connectivity index (χ2v) is 8.29. The third-order valence-corrected chi connectivity index (χ3v) is 6.09. The zero-order valence-corrected chi connectivity index (χ0v) is 19.6. The second-order valence-electron chi connectivity index (χ2n) is 7.88. The smallest absolute Gasteiger partial charge is 0.260 e. The molecule has 2 atom stereocenters. The summed E-state index contributed by atoms with van der Waals surface area (Å²) >= 11 is 6.25. The number of amides is 1. The van der Waals surface area contributed by atoms with E-state index in [1.165, 1.54) is 4.90 Å². The summed E-state index contributed by atoms with van der Waals surface area (Å²) in [5, 5.41) is 21.2. The zero-order chi connectivity index (χ0) is 23.7. The van der Waals surface area contributed by atoms with Gasteiger partial charge >= 0.3 is 0 Å². The van der Waals surface area contributed by atoms with Crippen LogP contribution in [0.3, 0.4) is 0 Å². The van der Waals surface area contributed by atoms with Crippen molar-refractivity contribution in [1.29, 1.82) is 0 Å². The van der Waals surface area contributed by atoms with Crippen molar-refractivity contribution in [3.63, 3.8) is 0 Å². The maximum Gasteiger partial charge on any atom is 0.260 e. The molecule has 0 saturated carbocycles. The number of benzene rings is 2. The first-order valence-corrected chi connectivity index (χ1v) is 10.9. The molecule has 0 aromatic heterocycles. The van der Waals surface area contributed by atoms with Gasteiger partial charge in [-0.2, -0.15) is 0 Å². The molecule has 2 N–H and O–H groups in total. The summed E-state index contributed by atoms with van der Waals surface area (Å²) in [6.07, 6.45) is -0.755. The maximum absolute atomic E-state index is 12.8. The molecule has 1 unspecified atom stereocenters. The second kappa shape index (κ2) is 12.2. The Morgan fingerprint density at radius 2 is 1.91 bits per heavy atom. The van der Waals surface area contributed by atoms with E-state index in [2.05, 4.69) is 0 Å². The fourth-order valence-corrected chi connectivity index (χ4v) is 3.89. The Morgan fingerprint density at radius 3 is 2.50 bits per heavy atom. The van der Waals surface area contributed by atoms with Gasteiger partial charge in [-0.05, 0) is 56.1 Å². The van der Waals surface area contributed by atoms with E-state index in [0.29, 0.717) is 23.6 Å². The van der Waals surface area contributed by atoms with Gasteiger partial charge in [0.1, 0.15) is 5.75 Å². The van der Waals surface area contributed by atoms with Crippen LogP contribution in [0.1, 0.15) is 30.4 Å². The highest BCUT2D eigenvalue weighted by molar-refractivity contribution is 6.31. The van der Waals surface area contributed by atoms with Crippen molar-refractivity contribution in [3.8, 4) is 5.75 Å². The number of aliphatic hydroxyl groups excluding tert-OH is 2. The lowest BCUT2D eigenvalue weighted by Gasteiger charge is -2.46. The molecule has 0 aliphatic heterocycles. The summed E-state index contributed by atoms with van der Waals surface area (Å²) in [5.74, 6) is 0.135. The van der Waals surface area contributed by atoms with Gasteiger partial charge in [0.05, 0.1) is 18.6 Å². The first kappa shape index (κ1) is 26.1. The van der Waals surface area contributed by atoms with Gasteiger partial charge in [0.15, 0.2) is 0 Å². The lowest BCUT2D eigenvalue weighted by molar-refractivity contribution is -0.176. The number of carbonyl (C=O) groups is 1. The molecule has 2 aromatic rings. The molecule has 0 saturated heterocycles. The minimum absolute atomic E-state index is 0.0695. The predicted molar refractivity (Wildman–Crippen MR) is 123 cm³/mol. The molecule has 2 aromatic carbocycles. The molecule has 0 radical (unpaired) electrons. The van der Waals surface area contributed by atoms with Crippen molar-refractivity contribution in [2.45, 2.75) is 38.1 Å². The topological polar surface area (TPSA) is 73.2 Å². The van der Waals surface area contributed by atoms with Crippen LogP contribution in [0.5, 0.6) is 5.75 Å². The number of hydrogen-bond acceptors (Lipinski definition) is 5. The minimum atomic E-state index is -1.35. The molecule has 32 heavy (non-hydrogen) atoms. The molecule has 8 heteroatoms. The van der Waals surface area contributed by atoms with Crippen LogP contribution >= 0.6 is 11.6 Å². The van der Waals surface area contributed by atoms with Crippen LogP contribution in [0.4, 0.5) is 4.39 Å². The van der Waals surface area contributed by atoms with Crippen molar-refractivity contribution in [1.82, 2.24) is 9.80 Å². The van der Waals surface area contributed by atoms with Crippen molar-refractivity contribution >= 4 is 17.5 Å². The van der Waals surface area contributed by atoms with Crippen molar-refractivity contribution in [3.05, 3.63) is 64.7 Å². The van der Waals surface area contributed by atoms with Gasteiger partial charge in [-0.3, -0.25) is 9.18 Å². The monoisotopic (exact) mass is 466 g/mol. The van der Waals surface area contributed by atoms with Crippen LogP contribution in [-0.4, -0.2) is 66.3 Å². The van der Waals surface area contributed by atoms with Gasteiger partial charge in [-0.15, -0.1) is 0 Å². The van der Waals surface area contributed by atoms with Crippen LogP contribution in [0.25, 0.3) is 0 Å². The molecule has 0 heterocycles. The number of carbonyl (C=O) groups excluding carboxylic acids is 1. The Bertz CT molecular complexity index is 870. The maximum atomic E-state index is 12.8. The number of para-hydroxylation sites is 1. The quantitative estimate of drug-likeness (QED) is 0.466.